The molecule has 0 radical (unpaired) electrons. The minimum atomic E-state index is -4.24. The molecule has 0 fully saturated rings. The van der Waals surface area contributed by atoms with E-state index in [-0.39, 0.29) is 22.0 Å². The molecule has 0 spiro atoms. The number of amides is 1. The summed E-state index contributed by atoms with van der Waals surface area (Å²) in [6.07, 6.45) is 0. The highest BCUT2D eigenvalue weighted by molar-refractivity contribution is 7.93. The van der Waals surface area contributed by atoms with Crippen LogP contribution in [0.25, 0.3) is 0 Å². The molecule has 0 aromatic heterocycles. The number of halogens is 2. The topological polar surface area (TPSA) is 84.9 Å². The SMILES string of the molecule is COc1ccc(C)cc1S(=O)(=O)N(CC(=O)Nc1cc(Cl)ccc1Oc1ccccc1)c1ccc(Cl)cc1. The van der Waals surface area contributed by atoms with Gasteiger partial charge in [0, 0.05) is 10.0 Å². The molecule has 0 atom stereocenters. The lowest BCUT2D eigenvalue weighted by atomic mass is 10.2. The molecule has 0 aliphatic heterocycles. The molecule has 4 aromatic carbocycles. The van der Waals surface area contributed by atoms with E-state index in [2.05, 4.69) is 5.32 Å². The average Bonchev–Trinajstić information content (AvgIpc) is 2.90. The van der Waals surface area contributed by atoms with E-state index in [1.54, 1.807) is 55.5 Å². The van der Waals surface area contributed by atoms with Gasteiger partial charge in [0.1, 0.15) is 22.9 Å². The quantitative estimate of drug-likeness (QED) is 0.235. The van der Waals surface area contributed by atoms with Gasteiger partial charge in [-0.1, -0.05) is 47.5 Å². The number of ether oxygens (including phenoxy) is 2. The summed E-state index contributed by atoms with van der Waals surface area (Å²) in [5.41, 5.74) is 1.25. The first kappa shape index (κ1) is 27.3. The molecule has 0 heterocycles. The van der Waals surface area contributed by atoms with E-state index in [9.17, 15) is 13.2 Å². The molecular formula is C28H24Cl2N2O5S. The highest BCUT2D eigenvalue weighted by atomic mass is 35.5. The van der Waals surface area contributed by atoms with Gasteiger partial charge in [-0.25, -0.2) is 8.42 Å². The third-order valence-electron chi connectivity index (χ3n) is 5.48. The van der Waals surface area contributed by atoms with Crippen molar-refractivity contribution in [3.8, 4) is 17.2 Å². The monoisotopic (exact) mass is 570 g/mol. The number of methoxy groups -OCH3 is 1. The van der Waals surface area contributed by atoms with Crippen LogP contribution in [0.1, 0.15) is 5.56 Å². The van der Waals surface area contributed by atoms with Gasteiger partial charge in [-0.2, -0.15) is 0 Å². The number of benzene rings is 4. The maximum absolute atomic E-state index is 13.9. The number of carbonyl (C=O) groups is 1. The highest BCUT2D eigenvalue weighted by Crippen LogP contribution is 2.34. The first-order valence-electron chi connectivity index (χ1n) is 11.4. The van der Waals surface area contributed by atoms with Crippen LogP contribution in [0.4, 0.5) is 11.4 Å². The molecule has 1 amide bonds. The van der Waals surface area contributed by atoms with Gasteiger partial charge in [-0.3, -0.25) is 9.10 Å². The number of hydrogen-bond donors (Lipinski definition) is 1. The van der Waals surface area contributed by atoms with E-state index in [0.717, 1.165) is 4.31 Å². The van der Waals surface area contributed by atoms with E-state index >= 15 is 0 Å². The smallest absolute Gasteiger partial charge is 0.268 e. The Kier molecular flexibility index (Phi) is 8.46. The van der Waals surface area contributed by atoms with Crippen LogP contribution in [0.5, 0.6) is 17.2 Å². The Morgan fingerprint density at radius 1 is 0.868 bits per heavy atom. The van der Waals surface area contributed by atoms with Crippen LogP contribution in [0.3, 0.4) is 0 Å². The standard InChI is InChI=1S/C28H24Cl2N2O5S/c1-19-8-14-26(36-2)27(16-19)38(34,35)32(22-12-9-20(29)10-13-22)18-28(33)31-24-17-21(30)11-15-25(24)37-23-6-4-3-5-7-23/h3-17H,18H2,1-2H3,(H,31,33). The summed E-state index contributed by atoms with van der Waals surface area (Å²) in [7, 11) is -2.85. The Hall–Kier alpha value is -3.72. The molecule has 0 saturated heterocycles. The molecule has 0 unspecified atom stereocenters. The first-order valence-corrected chi connectivity index (χ1v) is 13.6. The molecule has 196 valence electrons. The number of hydrogen-bond acceptors (Lipinski definition) is 5. The molecule has 10 heteroatoms. The van der Waals surface area contributed by atoms with E-state index in [1.165, 1.54) is 31.4 Å². The second kappa shape index (κ2) is 11.8. The van der Waals surface area contributed by atoms with E-state index in [0.29, 0.717) is 27.1 Å². The van der Waals surface area contributed by atoms with Crippen molar-refractivity contribution in [1.82, 2.24) is 0 Å². The van der Waals surface area contributed by atoms with Crippen LogP contribution in [-0.2, 0) is 14.8 Å². The fourth-order valence-electron chi connectivity index (χ4n) is 3.65. The van der Waals surface area contributed by atoms with Crippen molar-refractivity contribution < 1.29 is 22.7 Å². The fraction of sp³-hybridized carbons (Fsp3) is 0.107. The normalized spacial score (nSPS) is 11.1. The number of nitrogens with one attached hydrogen (secondary N) is 1. The van der Waals surface area contributed by atoms with Gasteiger partial charge < -0.3 is 14.8 Å². The van der Waals surface area contributed by atoms with Crippen molar-refractivity contribution in [2.24, 2.45) is 0 Å². The first-order chi connectivity index (χ1) is 18.2. The zero-order valence-corrected chi connectivity index (χ0v) is 22.8. The van der Waals surface area contributed by atoms with E-state index < -0.39 is 22.5 Å². The highest BCUT2D eigenvalue weighted by Gasteiger charge is 2.30. The van der Waals surface area contributed by atoms with Crippen molar-refractivity contribution in [2.75, 3.05) is 23.3 Å². The molecule has 7 nitrogen and oxygen atoms in total. The number of carbonyl (C=O) groups excluding carboxylic acids is 1. The summed E-state index contributed by atoms with van der Waals surface area (Å²) in [6.45, 7) is 1.23. The molecule has 1 N–H and O–H groups in total. The summed E-state index contributed by atoms with van der Waals surface area (Å²) >= 11 is 12.2. The molecule has 0 bridgehead atoms. The summed E-state index contributed by atoms with van der Waals surface area (Å²) in [5.74, 6) is 0.441. The van der Waals surface area contributed by atoms with Gasteiger partial charge in [0.15, 0.2) is 5.75 Å². The zero-order chi connectivity index (χ0) is 27.3. The van der Waals surface area contributed by atoms with Gasteiger partial charge in [-0.15, -0.1) is 0 Å². The van der Waals surface area contributed by atoms with E-state index in [4.69, 9.17) is 32.7 Å². The second-order valence-electron chi connectivity index (χ2n) is 8.25. The number of para-hydroxylation sites is 1. The Labute approximate surface area is 231 Å². The fourth-order valence-corrected chi connectivity index (χ4v) is 5.61. The molecule has 0 aliphatic rings. The Balaban J connectivity index is 1.68. The van der Waals surface area contributed by atoms with Crippen LogP contribution >= 0.6 is 23.2 Å². The maximum atomic E-state index is 13.9. The average molecular weight is 571 g/mol. The van der Waals surface area contributed by atoms with Gasteiger partial charge >= 0.3 is 0 Å². The minimum Gasteiger partial charge on any atom is -0.495 e. The lowest BCUT2D eigenvalue weighted by Crippen LogP contribution is -2.38. The molecule has 0 aliphatic carbocycles. The van der Waals surface area contributed by atoms with Crippen LogP contribution < -0.4 is 19.1 Å². The van der Waals surface area contributed by atoms with Crippen LogP contribution in [0.2, 0.25) is 10.0 Å². The third-order valence-corrected chi connectivity index (χ3v) is 7.76. The number of anilines is 2. The van der Waals surface area contributed by atoms with Gasteiger partial charge in [0.2, 0.25) is 5.91 Å². The van der Waals surface area contributed by atoms with Crippen LogP contribution in [0.15, 0.2) is 95.9 Å². The van der Waals surface area contributed by atoms with Crippen molar-refractivity contribution >= 4 is 50.5 Å². The molecule has 38 heavy (non-hydrogen) atoms. The van der Waals surface area contributed by atoms with Gasteiger partial charge in [0.25, 0.3) is 10.0 Å². The predicted molar refractivity (Wildman–Crippen MR) is 150 cm³/mol. The minimum absolute atomic E-state index is 0.0707. The van der Waals surface area contributed by atoms with Crippen LogP contribution in [0, 0.1) is 6.92 Å². The lowest BCUT2D eigenvalue weighted by Gasteiger charge is -2.25. The van der Waals surface area contributed by atoms with E-state index in [1.807, 2.05) is 18.2 Å². The number of sulfonamides is 1. The number of nitrogens with zero attached hydrogens (tertiary/aromatic N) is 1. The predicted octanol–water partition coefficient (Wildman–Crippen LogP) is 6.94. The Bertz CT molecular complexity index is 1550. The zero-order valence-electron chi connectivity index (χ0n) is 20.5. The largest absolute Gasteiger partial charge is 0.495 e. The lowest BCUT2D eigenvalue weighted by molar-refractivity contribution is -0.114. The van der Waals surface area contributed by atoms with Crippen molar-refractivity contribution in [1.29, 1.82) is 0 Å². The summed E-state index contributed by atoms with van der Waals surface area (Å²) in [5, 5.41) is 3.52. The van der Waals surface area contributed by atoms with Gasteiger partial charge in [0.05, 0.1) is 18.5 Å². The maximum Gasteiger partial charge on any atom is 0.268 e. The molecule has 0 saturated carbocycles. The Morgan fingerprint density at radius 3 is 2.21 bits per heavy atom. The number of rotatable bonds is 9. The summed E-state index contributed by atoms with van der Waals surface area (Å²) < 4.78 is 40.0. The van der Waals surface area contributed by atoms with Crippen molar-refractivity contribution in [3.05, 3.63) is 107 Å². The second-order valence-corrected chi connectivity index (χ2v) is 10.9. The van der Waals surface area contributed by atoms with Crippen molar-refractivity contribution in [2.45, 2.75) is 11.8 Å². The number of aryl methyl sites for hydroxylation is 1. The van der Waals surface area contributed by atoms with Crippen molar-refractivity contribution in [3.63, 3.8) is 0 Å². The summed E-state index contributed by atoms with van der Waals surface area (Å²) in [4.78, 5) is 13.2. The third kappa shape index (κ3) is 6.39. The van der Waals surface area contributed by atoms with Crippen LogP contribution in [-0.4, -0.2) is 28.0 Å². The molecule has 4 rings (SSSR count). The molecular weight excluding hydrogens is 547 g/mol. The molecule has 4 aromatic rings. The van der Waals surface area contributed by atoms with Gasteiger partial charge in [-0.05, 0) is 79.2 Å². The Morgan fingerprint density at radius 2 is 1.53 bits per heavy atom. The summed E-state index contributed by atoms with van der Waals surface area (Å²) in [6, 6.07) is 24.8.